The summed E-state index contributed by atoms with van der Waals surface area (Å²) >= 11 is 0. The fourth-order valence-corrected chi connectivity index (χ4v) is 2.31. The monoisotopic (exact) mass is 369 g/mol. The van der Waals surface area contributed by atoms with Crippen molar-refractivity contribution in [2.24, 2.45) is 0 Å². The molecule has 0 aliphatic heterocycles. The molecule has 0 bridgehead atoms. The minimum Gasteiger partial charge on any atom is -0.497 e. The van der Waals surface area contributed by atoms with Crippen LogP contribution in [0.1, 0.15) is 5.56 Å². The Balaban J connectivity index is 2.11. The standard InChI is InChI=1S/C21H23NO5/c1-5-12-27-19-9-6-15(13-20(19)26-4)7-11-21(23)22-17-14-16(24-2)8-10-18(17)25-3/h5-11,13-14H,1,12H2,2-4H3,(H,22,23). The number of amides is 1. The second kappa shape index (κ2) is 9.91. The third-order valence-electron chi connectivity index (χ3n) is 3.64. The van der Waals surface area contributed by atoms with Crippen LogP contribution in [0.2, 0.25) is 0 Å². The van der Waals surface area contributed by atoms with E-state index in [4.69, 9.17) is 18.9 Å². The van der Waals surface area contributed by atoms with Crippen molar-refractivity contribution in [2.45, 2.75) is 0 Å². The summed E-state index contributed by atoms with van der Waals surface area (Å²) in [6.45, 7) is 4.00. The highest BCUT2D eigenvalue weighted by Crippen LogP contribution is 2.30. The van der Waals surface area contributed by atoms with Gasteiger partial charge in [0.2, 0.25) is 5.91 Å². The number of carbonyl (C=O) groups is 1. The van der Waals surface area contributed by atoms with Crippen LogP contribution in [0, 0.1) is 0 Å². The molecule has 27 heavy (non-hydrogen) atoms. The molecule has 0 atom stereocenters. The van der Waals surface area contributed by atoms with Crippen molar-refractivity contribution in [3.63, 3.8) is 0 Å². The van der Waals surface area contributed by atoms with E-state index in [-0.39, 0.29) is 5.91 Å². The van der Waals surface area contributed by atoms with Gasteiger partial charge < -0.3 is 24.3 Å². The molecule has 0 saturated heterocycles. The lowest BCUT2D eigenvalue weighted by molar-refractivity contribution is -0.111. The Morgan fingerprint density at radius 3 is 2.41 bits per heavy atom. The number of ether oxygens (including phenoxy) is 4. The third kappa shape index (κ3) is 5.54. The number of methoxy groups -OCH3 is 3. The van der Waals surface area contributed by atoms with Crippen molar-refractivity contribution in [3.8, 4) is 23.0 Å². The Kier molecular flexibility index (Phi) is 7.31. The molecule has 6 nitrogen and oxygen atoms in total. The molecule has 2 aromatic carbocycles. The van der Waals surface area contributed by atoms with Gasteiger partial charge in [-0.2, -0.15) is 0 Å². The molecule has 0 saturated carbocycles. The molecule has 142 valence electrons. The molecule has 0 aliphatic rings. The van der Waals surface area contributed by atoms with E-state index in [9.17, 15) is 4.79 Å². The van der Waals surface area contributed by atoms with Crippen molar-refractivity contribution >= 4 is 17.7 Å². The largest absolute Gasteiger partial charge is 0.497 e. The van der Waals surface area contributed by atoms with Crippen LogP contribution in [0.3, 0.4) is 0 Å². The van der Waals surface area contributed by atoms with E-state index < -0.39 is 0 Å². The van der Waals surface area contributed by atoms with Crippen LogP contribution in [0.25, 0.3) is 6.08 Å². The molecule has 1 N–H and O–H groups in total. The van der Waals surface area contributed by atoms with Crippen LogP contribution in [-0.2, 0) is 4.79 Å². The second-order valence-corrected chi connectivity index (χ2v) is 5.40. The van der Waals surface area contributed by atoms with Crippen LogP contribution < -0.4 is 24.3 Å². The lowest BCUT2D eigenvalue weighted by atomic mass is 10.2. The van der Waals surface area contributed by atoms with E-state index in [2.05, 4.69) is 11.9 Å². The van der Waals surface area contributed by atoms with Gasteiger partial charge in [-0.1, -0.05) is 18.7 Å². The molecule has 0 aromatic heterocycles. The molecule has 0 heterocycles. The maximum atomic E-state index is 12.3. The van der Waals surface area contributed by atoms with Crippen LogP contribution in [0.15, 0.2) is 55.1 Å². The lowest BCUT2D eigenvalue weighted by Crippen LogP contribution is -2.09. The molecular formula is C21H23NO5. The number of hydrogen-bond acceptors (Lipinski definition) is 5. The molecular weight excluding hydrogens is 346 g/mol. The Bertz CT molecular complexity index is 829. The number of rotatable bonds is 9. The van der Waals surface area contributed by atoms with Gasteiger partial charge in [0.05, 0.1) is 27.0 Å². The average molecular weight is 369 g/mol. The number of hydrogen-bond donors (Lipinski definition) is 1. The van der Waals surface area contributed by atoms with Gasteiger partial charge in [-0.3, -0.25) is 4.79 Å². The summed E-state index contributed by atoms with van der Waals surface area (Å²) < 4.78 is 21.3. The molecule has 2 aromatic rings. The van der Waals surface area contributed by atoms with Gasteiger partial charge in [-0.05, 0) is 35.9 Å². The summed E-state index contributed by atoms with van der Waals surface area (Å²) in [5, 5.41) is 2.78. The molecule has 0 spiro atoms. The predicted molar refractivity (Wildman–Crippen MR) is 106 cm³/mol. The van der Waals surface area contributed by atoms with E-state index in [0.717, 1.165) is 5.56 Å². The van der Waals surface area contributed by atoms with Crippen molar-refractivity contribution in [2.75, 3.05) is 33.3 Å². The minimum atomic E-state index is -0.299. The third-order valence-corrected chi connectivity index (χ3v) is 3.64. The SMILES string of the molecule is C=CCOc1ccc(C=CC(=O)Nc2cc(OC)ccc2OC)cc1OC. The fourth-order valence-electron chi connectivity index (χ4n) is 2.31. The van der Waals surface area contributed by atoms with Crippen molar-refractivity contribution in [1.29, 1.82) is 0 Å². The maximum Gasteiger partial charge on any atom is 0.248 e. The Hall–Kier alpha value is -3.41. The van der Waals surface area contributed by atoms with E-state index >= 15 is 0 Å². The molecule has 0 fully saturated rings. The van der Waals surface area contributed by atoms with E-state index in [1.165, 1.54) is 13.2 Å². The molecule has 0 unspecified atom stereocenters. The fraction of sp³-hybridized carbons (Fsp3) is 0.190. The normalized spacial score (nSPS) is 10.3. The zero-order chi connectivity index (χ0) is 19.6. The lowest BCUT2D eigenvalue weighted by Gasteiger charge is -2.11. The summed E-state index contributed by atoms with van der Waals surface area (Å²) in [5.74, 6) is 2.05. The maximum absolute atomic E-state index is 12.3. The van der Waals surface area contributed by atoms with Crippen molar-refractivity contribution < 1.29 is 23.7 Å². The first-order valence-corrected chi connectivity index (χ1v) is 8.24. The van der Waals surface area contributed by atoms with Crippen molar-refractivity contribution in [1.82, 2.24) is 0 Å². The van der Waals surface area contributed by atoms with Gasteiger partial charge in [0.1, 0.15) is 18.1 Å². The molecule has 6 heteroatoms. The van der Waals surface area contributed by atoms with E-state index in [1.807, 2.05) is 6.07 Å². The Morgan fingerprint density at radius 2 is 1.74 bits per heavy atom. The van der Waals surface area contributed by atoms with Crippen LogP contribution in [-0.4, -0.2) is 33.8 Å². The first-order chi connectivity index (χ1) is 13.1. The minimum absolute atomic E-state index is 0.299. The second-order valence-electron chi connectivity index (χ2n) is 5.40. The van der Waals surface area contributed by atoms with Crippen molar-refractivity contribution in [3.05, 3.63) is 60.7 Å². The number of benzene rings is 2. The molecule has 0 aliphatic carbocycles. The van der Waals surface area contributed by atoms with E-state index in [1.54, 1.807) is 56.7 Å². The summed E-state index contributed by atoms with van der Waals surface area (Å²) in [6.07, 6.45) is 4.77. The highest BCUT2D eigenvalue weighted by atomic mass is 16.5. The van der Waals surface area contributed by atoms with Gasteiger partial charge in [-0.15, -0.1) is 0 Å². The van der Waals surface area contributed by atoms with Gasteiger partial charge in [-0.25, -0.2) is 0 Å². The Labute approximate surface area is 159 Å². The first kappa shape index (κ1) is 19.9. The number of nitrogens with one attached hydrogen (secondary N) is 1. The van der Waals surface area contributed by atoms with Gasteiger partial charge in [0.15, 0.2) is 11.5 Å². The quantitative estimate of drug-likeness (QED) is 0.536. The predicted octanol–water partition coefficient (Wildman–Crippen LogP) is 3.93. The Morgan fingerprint density at radius 1 is 1.00 bits per heavy atom. The smallest absolute Gasteiger partial charge is 0.248 e. The summed E-state index contributed by atoms with van der Waals surface area (Å²) in [7, 11) is 4.66. The van der Waals surface area contributed by atoms with Gasteiger partial charge in [0, 0.05) is 12.1 Å². The average Bonchev–Trinajstić information content (AvgIpc) is 2.70. The summed E-state index contributed by atoms with van der Waals surface area (Å²) in [6, 6.07) is 10.6. The zero-order valence-electron chi connectivity index (χ0n) is 15.7. The summed E-state index contributed by atoms with van der Waals surface area (Å²) in [5.41, 5.74) is 1.32. The molecule has 0 radical (unpaired) electrons. The molecule has 1 amide bonds. The number of anilines is 1. The van der Waals surface area contributed by atoms with E-state index in [0.29, 0.717) is 35.3 Å². The van der Waals surface area contributed by atoms with Crippen LogP contribution >= 0.6 is 0 Å². The number of carbonyl (C=O) groups excluding carboxylic acids is 1. The molecule has 2 rings (SSSR count). The van der Waals surface area contributed by atoms with Gasteiger partial charge in [0.25, 0.3) is 0 Å². The van der Waals surface area contributed by atoms with Crippen LogP contribution in [0.5, 0.6) is 23.0 Å². The van der Waals surface area contributed by atoms with Crippen LogP contribution in [0.4, 0.5) is 5.69 Å². The zero-order valence-corrected chi connectivity index (χ0v) is 15.7. The van der Waals surface area contributed by atoms with Gasteiger partial charge >= 0.3 is 0 Å². The highest BCUT2D eigenvalue weighted by molar-refractivity contribution is 6.02. The summed E-state index contributed by atoms with van der Waals surface area (Å²) in [4.78, 5) is 12.3. The first-order valence-electron chi connectivity index (χ1n) is 8.24. The topological polar surface area (TPSA) is 66.0 Å². The highest BCUT2D eigenvalue weighted by Gasteiger charge is 2.08.